The number of hydrogen-bond donors (Lipinski definition) is 0. The van der Waals surface area contributed by atoms with E-state index in [4.69, 9.17) is 4.42 Å². The first-order chi connectivity index (χ1) is 9.73. The maximum absolute atomic E-state index is 13.8. The fraction of sp³-hybridized carbons (Fsp3) is 0.500. The zero-order chi connectivity index (χ0) is 15.4. The van der Waals surface area contributed by atoms with Crippen molar-refractivity contribution < 1.29 is 31.2 Å². The van der Waals surface area contributed by atoms with Crippen molar-refractivity contribution in [2.24, 2.45) is 23.7 Å². The molecule has 114 valence electrons. The van der Waals surface area contributed by atoms with Crippen LogP contribution >= 0.6 is 0 Å². The van der Waals surface area contributed by atoms with Gasteiger partial charge in [0.2, 0.25) is 5.78 Å². The Kier molecular flexibility index (Phi) is 3.00. The first-order valence-corrected chi connectivity index (χ1v) is 6.44. The molecule has 2 nitrogen and oxygen atoms in total. The maximum atomic E-state index is 13.8. The van der Waals surface area contributed by atoms with Gasteiger partial charge in [-0.25, -0.2) is 0 Å². The number of fused-ring (bicyclic) bond motifs is 2. The van der Waals surface area contributed by atoms with Crippen LogP contribution in [-0.2, 0) is 0 Å². The molecular formula is C14H11F5O2. The van der Waals surface area contributed by atoms with Crippen molar-refractivity contribution in [1.82, 2.24) is 0 Å². The lowest BCUT2D eigenvalue weighted by Crippen LogP contribution is -2.49. The van der Waals surface area contributed by atoms with Crippen LogP contribution in [0.15, 0.2) is 35.0 Å². The van der Waals surface area contributed by atoms with E-state index in [2.05, 4.69) is 0 Å². The molecule has 3 rings (SSSR count). The lowest BCUT2D eigenvalue weighted by molar-refractivity contribution is -0.308. The van der Waals surface area contributed by atoms with Crippen LogP contribution in [0.2, 0.25) is 0 Å². The van der Waals surface area contributed by atoms with Crippen molar-refractivity contribution in [3.63, 3.8) is 0 Å². The number of carbonyl (C=O) groups is 1. The van der Waals surface area contributed by atoms with Gasteiger partial charge in [0.15, 0.2) is 5.76 Å². The fourth-order valence-corrected chi connectivity index (χ4v) is 3.45. The Labute approximate surface area is 116 Å². The highest BCUT2D eigenvalue weighted by Crippen LogP contribution is 2.58. The van der Waals surface area contributed by atoms with Gasteiger partial charge >= 0.3 is 12.1 Å². The Balaban J connectivity index is 1.99. The molecule has 0 amide bonds. The predicted octanol–water partition coefficient (Wildman–Crippen LogP) is 4.10. The third kappa shape index (κ3) is 2.01. The van der Waals surface area contributed by atoms with E-state index in [1.54, 1.807) is 6.08 Å². The second-order valence-electron chi connectivity index (χ2n) is 5.46. The van der Waals surface area contributed by atoms with Crippen molar-refractivity contribution in [2.75, 3.05) is 0 Å². The molecule has 0 radical (unpaired) electrons. The van der Waals surface area contributed by atoms with E-state index in [-0.39, 0.29) is 12.2 Å². The molecule has 1 aromatic rings. The van der Waals surface area contributed by atoms with Crippen molar-refractivity contribution in [3.05, 3.63) is 36.3 Å². The monoisotopic (exact) mass is 306 g/mol. The van der Waals surface area contributed by atoms with Crippen LogP contribution in [0.5, 0.6) is 0 Å². The van der Waals surface area contributed by atoms with Crippen molar-refractivity contribution in [3.8, 4) is 0 Å². The number of furan rings is 1. The van der Waals surface area contributed by atoms with Crippen molar-refractivity contribution in [2.45, 2.75) is 18.5 Å². The molecule has 0 aliphatic heterocycles. The average molecular weight is 306 g/mol. The summed E-state index contributed by atoms with van der Waals surface area (Å²) in [5, 5.41) is 0. The molecule has 2 bridgehead atoms. The number of carbonyl (C=O) groups excluding carboxylic acids is 1. The van der Waals surface area contributed by atoms with Gasteiger partial charge in [-0.05, 0) is 30.4 Å². The lowest BCUT2D eigenvalue weighted by atomic mass is 9.76. The molecule has 0 N–H and O–H groups in total. The molecule has 1 aromatic heterocycles. The van der Waals surface area contributed by atoms with Gasteiger partial charge in [-0.2, -0.15) is 22.0 Å². The number of halogens is 5. The molecule has 1 saturated carbocycles. The highest BCUT2D eigenvalue weighted by molar-refractivity contribution is 5.96. The maximum Gasteiger partial charge on any atom is 0.453 e. The minimum absolute atomic E-state index is 0.146. The summed E-state index contributed by atoms with van der Waals surface area (Å²) in [6.45, 7) is 0. The van der Waals surface area contributed by atoms with Crippen LogP contribution in [0, 0.1) is 23.7 Å². The summed E-state index contributed by atoms with van der Waals surface area (Å²) in [6, 6.07) is 2.67. The van der Waals surface area contributed by atoms with Gasteiger partial charge in [-0.15, -0.1) is 0 Å². The van der Waals surface area contributed by atoms with E-state index in [9.17, 15) is 26.7 Å². The quantitative estimate of drug-likeness (QED) is 0.478. The van der Waals surface area contributed by atoms with Gasteiger partial charge in [-0.3, -0.25) is 4.79 Å². The number of ketones is 1. The number of hydrogen-bond acceptors (Lipinski definition) is 2. The highest BCUT2D eigenvalue weighted by Gasteiger charge is 2.69. The zero-order valence-corrected chi connectivity index (χ0v) is 10.6. The van der Waals surface area contributed by atoms with Crippen molar-refractivity contribution >= 4 is 5.78 Å². The van der Waals surface area contributed by atoms with E-state index in [0.29, 0.717) is 0 Å². The highest BCUT2D eigenvalue weighted by atomic mass is 19.4. The molecule has 4 atom stereocenters. The summed E-state index contributed by atoms with van der Waals surface area (Å²) < 4.78 is 70.5. The van der Waals surface area contributed by atoms with Gasteiger partial charge in [-0.1, -0.05) is 12.2 Å². The minimum Gasteiger partial charge on any atom is -0.461 e. The molecule has 1 fully saturated rings. The SMILES string of the molecule is O=C(c1ccco1)[C@H]1[C@H](C(F)(F)C(F)(F)F)[C@@H]2C=C[C@H]1C2. The molecule has 1 heterocycles. The normalized spacial score (nSPS) is 31.9. The first kappa shape index (κ1) is 14.3. The van der Waals surface area contributed by atoms with Crippen LogP contribution in [0.4, 0.5) is 22.0 Å². The molecule has 2 aliphatic rings. The summed E-state index contributed by atoms with van der Waals surface area (Å²) >= 11 is 0. The number of allylic oxidation sites excluding steroid dienone is 2. The molecule has 2 aliphatic carbocycles. The Morgan fingerprint density at radius 2 is 1.81 bits per heavy atom. The Morgan fingerprint density at radius 3 is 2.38 bits per heavy atom. The van der Waals surface area contributed by atoms with Crippen LogP contribution < -0.4 is 0 Å². The third-order valence-electron chi connectivity index (χ3n) is 4.32. The van der Waals surface area contributed by atoms with Gasteiger partial charge in [0.25, 0.3) is 0 Å². The molecule has 21 heavy (non-hydrogen) atoms. The molecule has 0 aromatic carbocycles. The Morgan fingerprint density at radius 1 is 1.14 bits per heavy atom. The Hall–Kier alpha value is -1.66. The lowest BCUT2D eigenvalue weighted by Gasteiger charge is -2.34. The van der Waals surface area contributed by atoms with E-state index < -0.39 is 41.6 Å². The molecule has 0 saturated heterocycles. The first-order valence-electron chi connectivity index (χ1n) is 6.44. The number of alkyl halides is 5. The molecule has 0 unspecified atom stereocenters. The van der Waals surface area contributed by atoms with E-state index >= 15 is 0 Å². The predicted molar refractivity (Wildman–Crippen MR) is 61.8 cm³/mol. The second kappa shape index (κ2) is 4.42. The van der Waals surface area contributed by atoms with Crippen LogP contribution in [0.3, 0.4) is 0 Å². The smallest absolute Gasteiger partial charge is 0.453 e. The zero-order valence-electron chi connectivity index (χ0n) is 10.6. The summed E-state index contributed by atoms with van der Waals surface area (Å²) in [5.74, 6) is -10.9. The largest absolute Gasteiger partial charge is 0.461 e. The van der Waals surface area contributed by atoms with E-state index in [0.717, 1.165) is 0 Å². The van der Waals surface area contributed by atoms with Crippen LogP contribution in [-0.4, -0.2) is 17.9 Å². The topological polar surface area (TPSA) is 30.2 Å². The average Bonchev–Trinajstić information content (AvgIpc) is 3.11. The summed E-state index contributed by atoms with van der Waals surface area (Å²) in [5.41, 5.74) is 0. The van der Waals surface area contributed by atoms with Gasteiger partial charge < -0.3 is 4.42 Å². The number of Topliss-reactive ketones (excluding diaryl/α,β-unsaturated/α-hetero) is 1. The molecule has 7 heteroatoms. The van der Waals surface area contributed by atoms with E-state index in [1.165, 1.54) is 24.5 Å². The van der Waals surface area contributed by atoms with E-state index in [1.807, 2.05) is 0 Å². The second-order valence-corrected chi connectivity index (χ2v) is 5.46. The molecular weight excluding hydrogens is 295 g/mol. The summed E-state index contributed by atoms with van der Waals surface area (Å²) in [7, 11) is 0. The fourth-order valence-electron chi connectivity index (χ4n) is 3.45. The number of rotatable bonds is 3. The van der Waals surface area contributed by atoms with Crippen LogP contribution in [0.25, 0.3) is 0 Å². The standard InChI is InChI=1S/C14H11F5O2/c15-13(16,14(17,18)19)11-8-4-3-7(6-8)10(11)12(20)9-2-1-5-21-9/h1-5,7-8,10-11H,6H2/t7-,8+,10+,11+/m0/s1. The van der Waals surface area contributed by atoms with Gasteiger partial charge in [0.05, 0.1) is 6.26 Å². The summed E-state index contributed by atoms with van der Waals surface area (Å²) in [4.78, 5) is 12.3. The van der Waals surface area contributed by atoms with Gasteiger partial charge in [0.1, 0.15) is 0 Å². The molecule has 0 spiro atoms. The minimum atomic E-state index is -5.67. The van der Waals surface area contributed by atoms with Crippen molar-refractivity contribution in [1.29, 1.82) is 0 Å². The van der Waals surface area contributed by atoms with Crippen LogP contribution in [0.1, 0.15) is 17.0 Å². The van der Waals surface area contributed by atoms with Gasteiger partial charge in [0, 0.05) is 11.8 Å². The Bertz CT molecular complexity index is 573. The third-order valence-corrected chi connectivity index (χ3v) is 4.32. The summed E-state index contributed by atoms with van der Waals surface area (Å²) in [6.07, 6.45) is -1.42.